The third-order valence-corrected chi connectivity index (χ3v) is 4.11. The minimum absolute atomic E-state index is 0.0694. The van der Waals surface area contributed by atoms with Gasteiger partial charge in [0.1, 0.15) is 5.82 Å². The van der Waals surface area contributed by atoms with E-state index in [1.165, 1.54) is 19.2 Å². The smallest absolute Gasteiger partial charge is 0.321 e. The van der Waals surface area contributed by atoms with Gasteiger partial charge in [-0.05, 0) is 25.0 Å². The number of rotatable bonds is 4. The number of hydrogen-bond acceptors (Lipinski definition) is 2. The van der Waals surface area contributed by atoms with Crippen molar-refractivity contribution in [1.82, 2.24) is 5.32 Å². The summed E-state index contributed by atoms with van der Waals surface area (Å²) in [4.78, 5) is 24.6. The van der Waals surface area contributed by atoms with Crippen LogP contribution < -0.4 is 10.2 Å². The number of carboxylic acids is 1. The van der Waals surface area contributed by atoms with Crippen molar-refractivity contribution in [3.63, 3.8) is 0 Å². The molecule has 21 heavy (non-hydrogen) atoms. The van der Waals surface area contributed by atoms with E-state index in [0.717, 1.165) is 17.7 Å². The Bertz CT molecular complexity index is 541. The Hall–Kier alpha value is -2.11. The molecular weight excluding hydrogens is 275 g/mol. The Kier molecular flexibility index (Phi) is 4.45. The van der Waals surface area contributed by atoms with Crippen molar-refractivity contribution in [3.05, 3.63) is 30.1 Å². The number of carbonyl (C=O) groups excluding carboxylic acids is 1. The van der Waals surface area contributed by atoms with Crippen LogP contribution in [0.5, 0.6) is 0 Å². The Morgan fingerprint density at radius 1 is 1.33 bits per heavy atom. The van der Waals surface area contributed by atoms with Gasteiger partial charge in [0, 0.05) is 13.6 Å². The Labute approximate surface area is 122 Å². The third kappa shape index (κ3) is 3.15. The van der Waals surface area contributed by atoms with Crippen molar-refractivity contribution in [3.8, 4) is 0 Å². The molecule has 1 fully saturated rings. The van der Waals surface area contributed by atoms with E-state index < -0.39 is 23.2 Å². The van der Waals surface area contributed by atoms with E-state index in [0.29, 0.717) is 12.8 Å². The highest BCUT2D eigenvalue weighted by molar-refractivity contribution is 5.92. The van der Waals surface area contributed by atoms with Crippen LogP contribution in [0.1, 0.15) is 25.7 Å². The number of carbonyl (C=O) groups is 2. The van der Waals surface area contributed by atoms with Gasteiger partial charge in [0.05, 0.1) is 11.1 Å². The van der Waals surface area contributed by atoms with Gasteiger partial charge in [0.25, 0.3) is 0 Å². The Morgan fingerprint density at radius 3 is 2.52 bits per heavy atom. The first-order valence-corrected chi connectivity index (χ1v) is 6.96. The normalized spacial score (nSPS) is 16.5. The number of nitrogens with zero attached hydrogens (tertiary/aromatic N) is 1. The monoisotopic (exact) mass is 294 g/mol. The fourth-order valence-electron chi connectivity index (χ4n) is 2.71. The van der Waals surface area contributed by atoms with Crippen LogP contribution >= 0.6 is 0 Å². The minimum Gasteiger partial charge on any atom is -0.481 e. The highest BCUT2D eigenvalue weighted by atomic mass is 19.1. The van der Waals surface area contributed by atoms with Gasteiger partial charge in [-0.15, -0.1) is 0 Å². The summed E-state index contributed by atoms with van der Waals surface area (Å²) in [7, 11) is 1.45. The lowest BCUT2D eigenvalue weighted by Crippen LogP contribution is -2.45. The third-order valence-electron chi connectivity index (χ3n) is 4.11. The minimum atomic E-state index is -0.883. The molecular formula is C15H19FN2O3. The zero-order chi connectivity index (χ0) is 15.5. The van der Waals surface area contributed by atoms with Gasteiger partial charge in [-0.1, -0.05) is 25.0 Å². The predicted octanol–water partition coefficient (Wildman–Crippen LogP) is 2.62. The standard InChI is InChI=1S/C15H19FN2O3/c1-18(12-7-3-2-6-11(12)16)14(21)17-10-15(13(19)20)8-4-5-9-15/h2-3,6-7H,4-5,8-10H2,1H3,(H,17,21)(H,19,20). The van der Waals surface area contributed by atoms with Crippen molar-refractivity contribution in [1.29, 1.82) is 0 Å². The highest BCUT2D eigenvalue weighted by Gasteiger charge is 2.41. The molecule has 2 N–H and O–H groups in total. The summed E-state index contributed by atoms with van der Waals surface area (Å²) in [5.74, 6) is -1.38. The van der Waals surface area contributed by atoms with Crippen LogP contribution in [0.3, 0.4) is 0 Å². The van der Waals surface area contributed by atoms with Crippen molar-refractivity contribution < 1.29 is 19.1 Å². The van der Waals surface area contributed by atoms with E-state index in [1.54, 1.807) is 12.1 Å². The highest BCUT2D eigenvalue weighted by Crippen LogP contribution is 2.37. The molecule has 0 spiro atoms. The fraction of sp³-hybridized carbons (Fsp3) is 0.467. The lowest BCUT2D eigenvalue weighted by atomic mass is 9.86. The molecule has 1 aliphatic carbocycles. The summed E-state index contributed by atoms with van der Waals surface area (Å²) in [5.41, 5.74) is -0.725. The molecule has 0 heterocycles. The van der Waals surface area contributed by atoms with E-state index in [1.807, 2.05) is 0 Å². The van der Waals surface area contributed by atoms with Crippen molar-refractivity contribution >= 4 is 17.7 Å². The number of carboxylic acid groups (broad SMARTS) is 1. The number of urea groups is 1. The second-order valence-electron chi connectivity index (χ2n) is 5.46. The van der Waals surface area contributed by atoms with Crippen molar-refractivity contribution in [2.45, 2.75) is 25.7 Å². The van der Waals surface area contributed by atoms with Crippen LogP contribution in [-0.4, -0.2) is 30.7 Å². The second kappa shape index (κ2) is 6.11. The molecule has 6 heteroatoms. The number of amides is 2. The number of aliphatic carboxylic acids is 1. The topological polar surface area (TPSA) is 69.6 Å². The average Bonchev–Trinajstić information content (AvgIpc) is 2.95. The zero-order valence-electron chi connectivity index (χ0n) is 11.9. The summed E-state index contributed by atoms with van der Waals surface area (Å²) in [6, 6.07) is 5.44. The quantitative estimate of drug-likeness (QED) is 0.897. The molecule has 0 atom stereocenters. The van der Waals surface area contributed by atoms with E-state index in [2.05, 4.69) is 5.32 Å². The van der Waals surface area contributed by atoms with E-state index in [9.17, 15) is 19.1 Å². The number of nitrogens with one attached hydrogen (secondary N) is 1. The SMILES string of the molecule is CN(C(=O)NCC1(C(=O)O)CCCC1)c1ccccc1F. The Balaban J connectivity index is 2.01. The van der Waals surface area contributed by atoms with Crippen molar-refractivity contribution in [2.75, 3.05) is 18.5 Å². The predicted molar refractivity (Wildman–Crippen MR) is 76.7 cm³/mol. The number of para-hydroxylation sites is 1. The summed E-state index contributed by atoms with van der Waals surface area (Å²) in [6.07, 6.45) is 2.83. The molecule has 1 aliphatic rings. The van der Waals surface area contributed by atoms with Gasteiger partial charge in [-0.2, -0.15) is 0 Å². The molecule has 114 valence electrons. The molecule has 2 rings (SSSR count). The van der Waals surface area contributed by atoms with Crippen LogP contribution in [-0.2, 0) is 4.79 Å². The summed E-state index contributed by atoms with van der Waals surface area (Å²) < 4.78 is 13.6. The molecule has 0 unspecified atom stereocenters. The maximum Gasteiger partial charge on any atom is 0.321 e. The van der Waals surface area contributed by atoms with Gasteiger partial charge in [-0.3, -0.25) is 9.69 Å². The average molecular weight is 294 g/mol. The van der Waals surface area contributed by atoms with E-state index >= 15 is 0 Å². The molecule has 1 aromatic rings. The molecule has 0 aliphatic heterocycles. The summed E-state index contributed by atoms with van der Waals surface area (Å²) >= 11 is 0. The van der Waals surface area contributed by atoms with Gasteiger partial charge in [0.2, 0.25) is 0 Å². The molecule has 2 amide bonds. The summed E-state index contributed by atoms with van der Waals surface area (Å²) in [5, 5.41) is 12.0. The molecule has 0 bridgehead atoms. The van der Waals surface area contributed by atoms with Gasteiger partial charge < -0.3 is 10.4 Å². The maximum absolute atomic E-state index is 13.6. The van der Waals surface area contributed by atoms with Crippen LogP contribution in [0.2, 0.25) is 0 Å². The molecule has 1 aromatic carbocycles. The van der Waals surface area contributed by atoms with E-state index in [-0.39, 0.29) is 12.2 Å². The molecule has 1 saturated carbocycles. The van der Waals surface area contributed by atoms with Gasteiger partial charge in [-0.25, -0.2) is 9.18 Å². The zero-order valence-corrected chi connectivity index (χ0v) is 11.9. The fourth-order valence-corrected chi connectivity index (χ4v) is 2.71. The maximum atomic E-state index is 13.6. The van der Waals surface area contributed by atoms with Gasteiger partial charge >= 0.3 is 12.0 Å². The van der Waals surface area contributed by atoms with Gasteiger partial charge in [0.15, 0.2) is 0 Å². The lowest BCUT2D eigenvalue weighted by molar-refractivity contribution is -0.148. The number of anilines is 1. The summed E-state index contributed by atoms with van der Waals surface area (Å²) in [6.45, 7) is 0.0694. The largest absolute Gasteiger partial charge is 0.481 e. The van der Waals surface area contributed by atoms with E-state index in [4.69, 9.17) is 0 Å². The second-order valence-corrected chi connectivity index (χ2v) is 5.46. The first kappa shape index (κ1) is 15.3. The van der Waals surface area contributed by atoms with Crippen LogP contribution in [0.15, 0.2) is 24.3 Å². The van der Waals surface area contributed by atoms with Crippen molar-refractivity contribution in [2.24, 2.45) is 5.41 Å². The first-order chi connectivity index (χ1) is 9.96. The van der Waals surface area contributed by atoms with Crippen LogP contribution in [0.4, 0.5) is 14.9 Å². The van der Waals surface area contributed by atoms with Crippen LogP contribution in [0, 0.1) is 11.2 Å². The molecule has 0 radical (unpaired) electrons. The number of halogens is 1. The molecule has 0 aromatic heterocycles. The van der Waals surface area contributed by atoms with Crippen LogP contribution in [0.25, 0.3) is 0 Å². The Morgan fingerprint density at radius 2 is 1.95 bits per heavy atom. The molecule has 0 saturated heterocycles. The first-order valence-electron chi connectivity index (χ1n) is 6.96. The number of benzene rings is 1. The number of hydrogen-bond donors (Lipinski definition) is 2. The molecule has 5 nitrogen and oxygen atoms in total. The lowest BCUT2D eigenvalue weighted by Gasteiger charge is -2.26.